The van der Waals surface area contributed by atoms with E-state index in [-0.39, 0.29) is 6.03 Å². The average Bonchev–Trinajstić information content (AvgIpc) is 3.35. The van der Waals surface area contributed by atoms with E-state index in [9.17, 15) is 4.79 Å². The second kappa shape index (κ2) is 7.24. The van der Waals surface area contributed by atoms with E-state index in [0.29, 0.717) is 44.8 Å². The molecule has 1 N–H and O–H groups in total. The number of rotatable bonds is 4. The van der Waals surface area contributed by atoms with E-state index in [2.05, 4.69) is 30.5 Å². The Balaban J connectivity index is 1.39. The molecule has 4 rings (SSSR count). The van der Waals surface area contributed by atoms with Crippen molar-refractivity contribution in [3.05, 3.63) is 28.7 Å². The maximum atomic E-state index is 12.3. The molecule has 0 aromatic carbocycles. The average molecular weight is 372 g/mol. The highest BCUT2D eigenvalue weighted by Crippen LogP contribution is 2.21. The van der Waals surface area contributed by atoms with E-state index in [4.69, 9.17) is 0 Å². The van der Waals surface area contributed by atoms with Gasteiger partial charge in [0.15, 0.2) is 17.0 Å². The third-order valence-corrected chi connectivity index (χ3v) is 5.32. The predicted octanol–water partition coefficient (Wildman–Crippen LogP) is 1.33. The molecule has 0 aliphatic carbocycles. The molecule has 0 bridgehead atoms. The lowest BCUT2D eigenvalue weighted by molar-refractivity contribution is 0.194. The molecule has 10 heteroatoms. The van der Waals surface area contributed by atoms with E-state index in [1.54, 1.807) is 22.3 Å². The Bertz CT molecular complexity index is 885. The normalized spacial score (nSPS) is 14.8. The predicted molar refractivity (Wildman–Crippen MR) is 99.1 cm³/mol. The zero-order valence-electron chi connectivity index (χ0n) is 14.5. The minimum absolute atomic E-state index is 0.0252. The number of carbonyl (C=O) groups is 1. The van der Waals surface area contributed by atoms with Crippen molar-refractivity contribution in [1.29, 1.82) is 0 Å². The van der Waals surface area contributed by atoms with Crippen LogP contribution in [0, 0.1) is 0 Å². The summed E-state index contributed by atoms with van der Waals surface area (Å²) in [6.45, 7) is 5.99. The Labute approximate surface area is 154 Å². The number of urea groups is 1. The topological polar surface area (TPSA) is 92.1 Å². The summed E-state index contributed by atoms with van der Waals surface area (Å²) < 4.78 is 1.76. The molecule has 0 spiro atoms. The van der Waals surface area contributed by atoms with Gasteiger partial charge in [-0.1, -0.05) is 11.3 Å². The molecule has 0 radical (unpaired) electrons. The second-order valence-corrected chi connectivity index (χ2v) is 7.02. The Morgan fingerprint density at radius 3 is 2.85 bits per heavy atom. The number of amides is 2. The van der Waals surface area contributed by atoms with Crippen molar-refractivity contribution >= 4 is 34.3 Å². The summed E-state index contributed by atoms with van der Waals surface area (Å²) >= 11 is 1.64. The summed E-state index contributed by atoms with van der Waals surface area (Å²) in [6, 6.07) is 3.98. The number of fused-ring (bicyclic) bond motifs is 1. The van der Waals surface area contributed by atoms with Crippen LogP contribution in [-0.2, 0) is 13.1 Å². The Hall–Kier alpha value is -2.75. The summed E-state index contributed by atoms with van der Waals surface area (Å²) in [5.74, 6) is 0.786. The number of aromatic nitrogens is 5. The van der Waals surface area contributed by atoms with E-state index in [0.717, 1.165) is 16.3 Å². The largest absolute Gasteiger partial charge is 0.351 e. The lowest BCUT2D eigenvalue weighted by atomic mass is 10.3. The smallest absolute Gasteiger partial charge is 0.317 e. The van der Waals surface area contributed by atoms with E-state index in [1.165, 1.54) is 0 Å². The third-order valence-electron chi connectivity index (χ3n) is 4.44. The van der Waals surface area contributed by atoms with Gasteiger partial charge in [0.2, 0.25) is 0 Å². The van der Waals surface area contributed by atoms with Crippen molar-refractivity contribution in [3.8, 4) is 0 Å². The minimum atomic E-state index is -0.0252. The highest BCUT2D eigenvalue weighted by atomic mass is 32.1. The van der Waals surface area contributed by atoms with E-state index >= 15 is 0 Å². The van der Waals surface area contributed by atoms with Crippen LogP contribution in [0.2, 0.25) is 0 Å². The van der Waals surface area contributed by atoms with Gasteiger partial charge in [0.05, 0.1) is 6.54 Å². The first kappa shape index (κ1) is 16.7. The minimum Gasteiger partial charge on any atom is -0.351 e. The van der Waals surface area contributed by atoms with Gasteiger partial charge in [0, 0.05) is 37.6 Å². The highest BCUT2D eigenvalue weighted by molar-refractivity contribution is 7.09. The van der Waals surface area contributed by atoms with Crippen LogP contribution in [-0.4, -0.2) is 62.1 Å². The van der Waals surface area contributed by atoms with Crippen LogP contribution in [0.25, 0.3) is 11.2 Å². The molecule has 4 heterocycles. The summed E-state index contributed by atoms with van der Waals surface area (Å²) in [4.78, 5) is 26.2. The van der Waals surface area contributed by atoms with Gasteiger partial charge in [-0.05, 0) is 18.4 Å². The lowest BCUT2D eigenvalue weighted by Crippen LogP contribution is -2.52. The van der Waals surface area contributed by atoms with Crippen LogP contribution in [0.15, 0.2) is 23.8 Å². The zero-order chi connectivity index (χ0) is 17.9. The molecule has 136 valence electrons. The van der Waals surface area contributed by atoms with Gasteiger partial charge in [-0.25, -0.2) is 19.4 Å². The summed E-state index contributed by atoms with van der Waals surface area (Å²) in [7, 11) is 0. The van der Waals surface area contributed by atoms with Crippen LogP contribution >= 0.6 is 11.3 Å². The van der Waals surface area contributed by atoms with Crippen molar-refractivity contribution in [2.24, 2.45) is 0 Å². The fraction of sp³-hybridized carbons (Fsp3) is 0.438. The first-order valence-corrected chi connectivity index (χ1v) is 9.48. The SMILES string of the molecule is CCn1nnc2c(N3CCN(C(=O)NCc4cccs4)CC3)ncnc21. The molecule has 3 aromatic rings. The van der Waals surface area contributed by atoms with Crippen molar-refractivity contribution in [2.45, 2.75) is 20.0 Å². The van der Waals surface area contributed by atoms with Crippen molar-refractivity contribution < 1.29 is 4.79 Å². The fourth-order valence-corrected chi connectivity index (χ4v) is 3.68. The third kappa shape index (κ3) is 3.19. The van der Waals surface area contributed by atoms with Gasteiger partial charge in [-0.15, -0.1) is 16.4 Å². The molecule has 1 fully saturated rings. The number of aryl methyl sites for hydroxylation is 1. The summed E-state index contributed by atoms with van der Waals surface area (Å²) in [6.07, 6.45) is 1.55. The van der Waals surface area contributed by atoms with Crippen molar-refractivity contribution in [1.82, 2.24) is 35.2 Å². The summed E-state index contributed by atoms with van der Waals surface area (Å²) in [5.41, 5.74) is 1.46. The maximum absolute atomic E-state index is 12.3. The molecule has 2 amide bonds. The van der Waals surface area contributed by atoms with Crippen LogP contribution < -0.4 is 10.2 Å². The first-order valence-electron chi connectivity index (χ1n) is 8.60. The number of anilines is 1. The van der Waals surface area contributed by atoms with Crippen LogP contribution in [0.5, 0.6) is 0 Å². The van der Waals surface area contributed by atoms with E-state index in [1.807, 2.05) is 29.3 Å². The standard InChI is InChI=1S/C16H20N8OS/c1-2-24-15-13(20-21-24)14(18-11-19-15)22-5-7-23(8-6-22)16(25)17-10-12-4-3-9-26-12/h3-4,9,11H,2,5-8,10H2,1H3,(H,17,25). The molecule has 0 atom stereocenters. The molecule has 1 saturated heterocycles. The number of carbonyl (C=O) groups excluding carboxylic acids is 1. The number of hydrogen-bond acceptors (Lipinski definition) is 7. The zero-order valence-corrected chi connectivity index (χ0v) is 15.3. The molecular weight excluding hydrogens is 352 g/mol. The van der Waals surface area contributed by atoms with Gasteiger partial charge >= 0.3 is 6.03 Å². The van der Waals surface area contributed by atoms with Gasteiger partial charge in [0.25, 0.3) is 0 Å². The number of piperazine rings is 1. The quantitative estimate of drug-likeness (QED) is 0.743. The molecule has 1 aliphatic rings. The van der Waals surface area contributed by atoms with Gasteiger partial charge in [-0.2, -0.15) is 0 Å². The fourth-order valence-electron chi connectivity index (χ4n) is 3.03. The lowest BCUT2D eigenvalue weighted by Gasteiger charge is -2.35. The number of nitrogens with zero attached hydrogens (tertiary/aromatic N) is 7. The Morgan fingerprint density at radius 2 is 2.12 bits per heavy atom. The van der Waals surface area contributed by atoms with Crippen LogP contribution in [0.3, 0.4) is 0 Å². The Morgan fingerprint density at radius 1 is 1.27 bits per heavy atom. The number of hydrogen-bond donors (Lipinski definition) is 1. The number of nitrogens with one attached hydrogen (secondary N) is 1. The maximum Gasteiger partial charge on any atom is 0.317 e. The van der Waals surface area contributed by atoms with Gasteiger partial charge in [-0.3, -0.25) is 0 Å². The summed E-state index contributed by atoms with van der Waals surface area (Å²) in [5, 5.41) is 13.3. The van der Waals surface area contributed by atoms with Crippen LogP contribution in [0.4, 0.5) is 10.6 Å². The first-order chi connectivity index (χ1) is 12.8. The Kier molecular flexibility index (Phi) is 4.65. The van der Waals surface area contributed by atoms with Crippen molar-refractivity contribution in [2.75, 3.05) is 31.1 Å². The van der Waals surface area contributed by atoms with Gasteiger partial charge < -0.3 is 15.1 Å². The van der Waals surface area contributed by atoms with E-state index < -0.39 is 0 Å². The molecular formula is C16H20N8OS. The molecule has 0 unspecified atom stereocenters. The monoisotopic (exact) mass is 372 g/mol. The second-order valence-electron chi connectivity index (χ2n) is 5.99. The van der Waals surface area contributed by atoms with Crippen LogP contribution in [0.1, 0.15) is 11.8 Å². The molecule has 1 aliphatic heterocycles. The van der Waals surface area contributed by atoms with Gasteiger partial charge in [0.1, 0.15) is 6.33 Å². The molecule has 26 heavy (non-hydrogen) atoms. The molecule has 9 nitrogen and oxygen atoms in total. The van der Waals surface area contributed by atoms with Crippen molar-refractivity contribution in [3.63, 3.8) is 0 Å². The highest BCUT2D eigenvalue weighted by Gasteiger charge is 2.24. The molecule has 3 aromatic heterocycles. The number of thiophene rings is 1. The molecule has 0 saturated carbocycles.